The Morgan fingerprint density at radius 2 is 2.00 bits per heavy atom. The van der Waals surface area contributed by atoms with Gasteiger partial charge in [0.15, 0.2) is 0 Å². The molecule has 1 amide bonds. The van der Waals surface area contributed by atoms with Gasteiger partial charge < -0.3 is 15.0 Å². The number of benzene rings is 2. The highest BCUT2D eigenvalue weighted by atomic mass is 16.5. The molecule has 0 spiro atoms. The Hall–Kier alpha value is -2.75. The second-order valence-corrected chi connectivity index (χ2v) is 6.14. The minimum absolute atomic E-state index is 0.0894. The summed E-state index contributed by atoms with van der Waals surface area (Å²) >= 11 is 0. The average molecular weight is 336 g/mol. The molecule has 130 valence electrons. The van der Waals surface area contributed by atoms with Crippen LogP contribution in [-0.2, 0) is 11.2 Å². The van der Waals surface area contributed by atoms with Crippen LogP contribution in [0.2, 0.25) is 0 Å². The van der Waals surface area contributed by atoms with Gasteiger partial charge in [0.05, 0.1) is 13.0 Å². The number of H-pyrrole nitrogens is 1. The SMILES string of the molecule is CC[C@@H](C(=O)NCCc1c[nH]c2cc(OC)ccc12)c1ccccc1. The van der Waals surface area contributed by atoms with E-state index in [1.54, 1.807) is 7.11 Å². The molecule has 0 fully saturated rings. The van der Waals surface area contributed by atoms with E-state index in [-0.39, 0.29) is 11.8 Å². The maximum atomic E-state index is 12.5. The van der Waals surface area contributed by atoms with Gasteiger partial charge in [-0.3, -0.25) is 4.79 Å². The Labute approximate surface area is 148 Å². The predicted molar refractivity (Wildman–Crippen MR) is 101 cm³/mol. The fourth-order valence-corrected chi connectivity index (χ4v) is 3.20. The lowest BCUT2D eigenvalue weighted by Crippen LogP contribution is -2.30. The lowest BCUT2D eigenvalue weighted by atomic mass is 9.95. The van der Waals surface area contributed by atoms with Gasteiger partial charge in [0.2, 0.25) is 5.91 Å². The monoisotopic (exact) mass is 336 g/mol. The van der Waals surface area contributed by atoms with E-state index in [0.29, 0.717) is 6.54 Å². The number of aromatic amines is 1. The zero-order chi connectivity index (χ0) is 17.6. The van der Waals surface area contributed by atoms with Gasteiger partial charge in [-0.2, -0.15) is 0 Å². The average Bonchev–Trinajstić information content (AvgIpc) is 3.05. The first-order valence-corrected chi connectivity index (χ1v) is 8.69. The third kappa shape index (κ3) is 3.85. The number of carbonyl (C=O) groups is 1. The number of amides is 1. The number of methoxy groups -OCH3 is 1. The van der Waals surface area contributed by atoms with Crippen LogP contribution in [0.5, 0.6) is 5.75 Å². The highest BCUT2D eigenvalue weighted by Gasteiger charge is 2.17. The van der Waals surface area contributed by atoms with E-state index in [9.17, 15) is 4.79 Å². The first-order chi connectivity index (χ1) is 12.2. The van der Waals surface area contributed by atoms with Gasteiger partial charge >= 0.3 is 0 Å². The van der Waals surface area contributed by atoms with E-state index < -0.39 is 0 Å². The number of ether oxygens (including phenoxy) is 1. The van der Waals surface area contributed by atoms with E-state index in [4.69, 9.17) is 4.74 Å². The van der Waals surface area contributed by atoms with Crippen LogP contribution in [0.1, 0.15) is 30.4 Å². The summed E-state index contributed by atoms with van der Waals surface area (Å²) < 4.78 is 5.25. The number of aromatic nitrogens is 1. The minimum atomic E-state index is -0.0894. The number of nitrogens with one attached hydrogen (secondary N) is 2. The van der Waals surface area contributed by atoms with E-state index in [2.05, 4.69) is 16.4 Å². The number of carbonyl (C=O) groups excluding carboxylic acids is 1. The largest absolute Gasteiger partial charge is 0.497 e. The summed E-state index contributed by atoms with van der Waals surface area (Å²) in [5.41, 5.74) is 3.32. The van der Waals surface area contributed by atoms with Crippen molar-refractivity contribution in [1.82, 2.24) is 10.3 Å². The summed E-state index contributed by atoms with van der Waals surface area (Å²) in [5.74, 6) is 0.839. The van der Waals surface area contributed by atoms with Gasteiger partial charge in [0.25, 0.3) is 0 Å². The van der Waals surface area contributed by atoms with Gasteiger partial charge in [0.1, 0.15) is 5.75 Å². The molecule has 0 bridgehead atoms. The zero-order valence-electron chi connectivity index (χ0n) is 14.7. The van der Waals surface area contributed by atoms with E-state index >= 15 is 0 Å². The van der Waals surface area contributed by atoms with Crippen molar-refractivity contribution in [3.05, 3.63) is 65.9 Å². The molecule has 0 unspecified atom stereocenters. The first-order valence-electron chi connectivity index (χ1n) is 8.69. The Bertz CT molecular complexity index is 839. The van der Waals surface area contributed by atoms with Gasteiger partial charge in [-0.15, -0.1) is 0 Å². The van der Waals surface area contributed by atoms with Crippen molar-refractivity contribution in [3.63, 3.8) is 0 Å². The second kappa shape index (κ2) is 7.88. The third-order valence-corrected chi connectivity index (χ3v) is 4.59. The van der Waals surface area contributed by atoms with Crippen molar-refractivity contribution in [2.45, 2.75) is 25.7 Å². The lowest BCUT2D eigenvalue weighted by molar-refractivity contribution is -0.122. The predicted octanol–water partition coefficient (Wildman–Crippen LogP) is 4.03. The number of rotatable bonds is 7. The molecule has 0 aliphatic carbocycles. The second-order valence-electron chi connectivity index (χ2n) is 6.14. The summed E-state index contributed by atoms with van der Waals surface area (Å²) in [7, 11) is 1.66. The molecule has 3 rings (SSSR count). The Kier molecular flexibility index (Phi) is 5.39. The smallest absolute Gasteiger partial charge is 0.227 e. The molecule has 2 N–H and O–H groups in total. The molecule has 1 heterocycles. The summed E-state index contributed by atoms with van der Waals surface area (Å²) in [4.78, 5) is 15.8. The minimum Gasteiger partial charge on any atom is -0.497 e. The molecule has 2 aromatic carbocycles. The fraction of sp³-hybridized carbons (Fsp3) is 0.286. The molecular formula is C21H24N2O2. The van der Waals surface area contributed by atoms with Crippen LogP contribution in [-0.4, -0.2) is 24.5 Å². The third-order valence-electron chi connectivity index (χ3n) is 4.59. The molecule has 1 atom stereocenters. The van der Waals surface area contributed by atoms with Gasteiger partial charge in [0, 0.05) is 29.7 Å². The molecule has 0 aliphatic heterocycles. The maximum Gasteiger partial charge on any atom is 0.227 e. The van der Waals surface area contributed by atoms with Gasteiger partial charge in [-0.25, -0.2) is 0 Å². The lowest BCUT2D eigenvalue weighted by Gasteiger charge is -2.15. The van der Waals surface area contributed by atoms with Crippen LogP contribution in [0, 0.1) is 0 Å². The van der Waals surface area contributed by atoms with E-state index in [1.165, 1.54) is 10.9 Å². The van der Waals surface area contributed by atoms with Gasteiger partial charge in [-0.05, 0) is 36.1 Å². The van der Waals surface area contributed by atoms with E-state index in [1.807, 2.05) is 55.6 Å². The normalized spacial score (nSPS) is 12.1. The topological polar surface area (TPSA) is 54.1 Å². The zero-order valence-corrected chi connectivity index (χ0v) is 14.7. The molecule has 0 radical (unpaired) electrons. The maximum absolute atomic E-state index is 12.5. The molecule has 0 saturated heterocycles. The molecule has 4 heteroatoms. The van der Waals surface area contributed by atoms with Crippen LogP contribution >= 0.6 is 0 Å². The Balaban J connectivity index is 1.61. The van der Waals surface area contributed by atoms with Crippen LogP contribution < -0.4 is 10.1 Å². The Morgan fingerprint density at radius 1 is 1.20 bits per heavy atom. The molecule has 1 aromatic heterocycles. The number of hydrogen-bond donors (Lipinski definition) is 2. The molecule has 0 saturated carbocycles. The van der Waals surface area contributed by atoms with E-state index in [0.717, 1.165) is 29.7 Å². The van der Waals surface area contributed by atoms with Gasteiger partial charge in [-0.1, -0.05) is 37.3 Å². The van der Waals surface area contributed by atoms with Crippen molar-refractivity contribution in [2.24, 2.45) is 0 Å². The first kappa shape index (κ1) is 17.1. The molecular weight excluding hydrogens is 312 g/mol. The number of fused-ring (bicyclic) bond motifs is 1. The highest BCUT2D eigenvalue weighted by molar-refractivity contribution is 5.85. The molecule has 0 aliphatic rings. The summed E-state index contributed by atoms with van der Waals surface area (Å²) in [5, 5.41) is 4.25. The van der Waals surface area contributed by atoms with Crippen molar-refractivity contribution >= 4 is 16.8 Å². The fourth-order valence-electron chi connectivity index (χ4n) is 3.20. The van der Waals surface area contributed by atoms with Crippen LogP contribution in [0.3, 0.4) is 0 Å². The summed E-state index contributed by atoms with van der Waals surface area (Å²) in [6.07, 6.45) is 3.59. The van der Waals surface area contributed by atoms with Crippen LogP contribution in [0.25, 0.3) is 10.9 Å². The summed E-state index contributed by atoms with van der Waals surface area (Å²) in [6.45, 7) is 2.67. The quantitative estimate of drug-likeness (QED) is 0.684. The van der Waals surface area contributed by atoms with Crippen LogP contribution in [0.4, 0.5) is 0 Å². The number of hydrogen-bond acceptors (Lipinski definition) is 2. The van der Waals surface area contributed by atoms with Crippen molar-refractivity contribution in [2.75, 3.05) is 13.7 Å². The Morgan fingerprint density at radius 3 is 2.72 bits per heavy atom. The molecule has 25 heavy (non-hydrogen) atoms. The van der Waals surface area contributed by atoms with Crippen LogP contribution in [0.15, 0.2) is 54.7 Å². The molecule has 3 aromatic rings. The van der Waals surface area contributed by atoms with Crippen molar-refractivity contribution in [3.8, 4) is 5.75 Å². The molecule has 4 nitrogen and oxygen atoms in total. The highest BCUT2D eigenvalue weighted by Crippen LogP contribution is 2.23. The van der Waals surface area contributed by atoms with Crippen molar-refractivity contribution < 1.29 is 9.53 Å². The van der Waals surface area contributed by atoms with Crippen molar-refractivity contribution in [1.29, 1.82) is 0 Å². The summed E-state index contributed by atoms with van der Waals surface area (Å²) in [6, 6.07) is 16.0. The standard InChI is InChI=1S/C21H24N2O2/c1-3-18(15-7-5-4-6-8-15)21(24)22-12-11-16-14-23-20-13-17(25-2)9-10-19(16)20/h4-10,13-14,18,23H,3,11-12H2,1-2H3,(H,22,24)/t18-/m1/s1.